The first-order valence-electron chi connectivity index (χ1n) is 9.45. The van der Waals surface area contributed by atoms with Crippen LogP contribution in [-0.2, 0) is 4.79 Å². The van der Waals surface area contributed by atoms with Gasteiger partial charge in [-0.05, 0) is 51.4 Å². The molecule has 1 aliphatic carbocycles. The van der Waals surface area contributed by atoms with Crippen LogP contribution in [0.25, 0.3) is 0 Å². The van der Waals surface area contributed by atoms with Crippen molar-refractivity contribution >= 4 is 11.9 Å². The van der Waals surface area contributed by atoms with Crippen LogP contribution >= 0.6 is 0 Å². The van der Waals surface area contributed by atoms with Crippen molar-refractivity contribution in [3.63, 3.8) is 0 Å². The predicted molar refractivity (Wildman–Crippen MR) is 93.6 cm³/mol. The summed E-state index contributed by atoms with van der Waals surface area (Å²) >= 11 is 0. The molecule has 2 N–H and O–H groups in total. The molecule has 138 valence electrons. The lowest BCUT2D eigenvalue weighted by molar-refractivity contribution is -0.130. The van der Waals surface area contributed by atoms with Crippen molar-refractivity contribution < 1.29 is 9.59 Å². The van der Waals surface area contributed by atoms with Crippen LogP contribution in [0.3, 0.4) is 0 Å². The van der Waals surface area contributed by atoms with E-state index in [2.05, 4.69) is 16.7 Å². The third-order valence-corrected chi connectivity index (χ3v) is 5.71. The van der Waals surface area contributed by atoms with Crippen molar-refractivity contribution in [3.8, 4) is 6.07 Å². The molecule has 2 saturated heterocycles. The summed E-state index contributed by atoms with van der Waals surface area (Å²) in [6, 6.07) is 2.52. The molecule has 1 saturated carbocycles. The Morgan fingerprint density at radius 1 is 1.24 bits per heavy atom. The third kappa shape index (κ3) is 4.06. The van der Waals surface area contributed by atoms with E-state index in [-0.39, 0.29) is 24.0 Å². The Labute approximate surface area is 149 Å². The molecule has 0 spiro atoms. The Bertz CT molecular complexity index is 544. The van der Waals surface area contributed by atoms with Crippen molar-refractivity contribution in [2.75, 3.05) is 26.2 Å². The minimum atomic E-state index is -0.245. The highest BCUT2D eigenvalue weighted by Crippen LogP contribution is 2.38. The molecule has 0 radical (unpaired) electrons. The molecule has 3 fully saturated rings. The Kier molecular flexibility index (Phi) is 5.48. The molecule has 3 amide bonds. The molecule has 0 aromatic heterocycles. The van der Waals surface area contributed by atoms with Gasteiger partial charge in [0.2, 0.25) is 5.91 Å². The fourth-order valence-electron chi connectivity index (χ4n) is 4.50. The highest BCUT2D eigenvalue weighted by molar-refractivity contribution is 5.79. The molecule has 2 heterocycles. The fourth-order valence-corrected chi connectivity index (χ4v) is 4.50. The molecule has 3 rings (SSSR count). The van der Waals surface area contributed by atoms with Crippen LogP contribution in [-0.4, -0.2) is 66.0 Å². The van der Waals surface area contributed by atoms with Crippen LogP contribution in [0.1, 0.15) is 39.5 Å². The molecule has 7 heteroatoms. The first kappa shape index (κ1) is 18.0. The zero-order valence-corrected chi connectivity index (χ0v) is 15.2. The van der Waals surface area contributed by atoms with Crippen LogP contribution in [0, 0.1) is 23.2 Å². The van der Waals surface area contributed by atoms with Crippen LogP contribution in [0.2, 0.25) is 0 Å². The second kappa shape index (κ2) is 7.61. The molecule has 0 bridgehead atoms. The second-order valence-corrected chi connectivity index (χ2v) is 7.95. The molecule has 1 unspecified atom stereocenters. The Morgan fingerprint density at radius 2 is 1.92 bits per heavy atom. The van der Waals surface area contributed by atoms with Crippen LogP contribution in [0.5, 0.6) is 0 Å². The topological polar surface area (TPSA) is 88.5 Å². The summed E-state index contributed by atoms with van der Waals surface area (Å²) in [5.41, 5.74) is 0. The van der Waals surface area contributed by atoms with E-state index in [1.165, 1.54) is 0 Å². The lowest BCUT2D eigenvalue weighted by atomic mass is 10.0. The number of hydrogen-bond acceptors (Lipinski definition) is 4. The maximum absolute atomic E-state index is 12.3. The maximum Gasteiger partial charge on any atom is 0.317 e. The first-order chi connectivity index (χ1) is 12.0. The van der Waals surface area contributed by atoms with Gasteiger partial charge in [-0.2, -0.15) is 5.26 Å². The number of nitriles is 1. The molecule has 3 aliphatic rings. The van der Waals surface area contributed by atoms with Gasteiger partial charge in [-0.15, -0.1) is 0 Å². The second-order valence-electron chi connectivity index (χ2n) is 7.95. The van der Waals surface area contributed by atoms with Crippen molar-refractivity contribution in [3.05, 3.63) is 0 Å². The summed E-state index contributed by atoms with van der Waals surface area (Å²) in [7, 11) is 0. The van der Waals surface area contributed by atoms with Crippen molar-refractivity contribution in [2.24, 2.45) is 11.8 Å². The monoisotopic (exact) mass is 347 g/mol. The Morgan fingerprint density at radius 3 is 2.52 bits per heavy atom. The molecule has 25 heavy (non-hydrogen) atoms. The normalized spacial score (nSPS) is 31.3. The van der Waals surface area contributed by atoms with E-state index < -0.39 is 0 Å². The summed E-state index contributed by atoms with van der Waals surface area (Å²) in [6.07, 6.45) is 3.76. The number of rotatable bonds is 4. The largest absolute Gasteiger partial charge is 0.336 e. The molecule has 2 aliphatic heterocycles. The smallest absolute Gasteiger partial charge is 0.317 e. The number of likely N-dealkylation sites (tertiary alicyclic amines) is 2. The predicted octanol–water partition coefficient (Wildman–Crippen LogP) is 0.919. The molecular formula is C18H29N5O2. The lowest BCUT2D eigenvalue weighted by Gasteiger charge is -2.23. The number of amides is 3. The minimum absolute atomic E-state index is 0.0408. The van der Waals surface area contributed by atoms with Crippen molar-refractivity contribution in [1.82, 2.24) is 20.4 Å². The number of fused-ring (bicyclic) bond motifs is 1. The van der Waals surface area contributed by atoms with Crippen molar-refractivity contribution in [1.29, 1.82) is 5.26 Å². The van der Waals surface area contributed by atoms with Gasteiger partial charge in [0, 0.05) is 31.7 Å². The first-order valence-corrected chi connectivity index (χ1v) is 9.45. The number of nitrogens with one attached hydrogen (secondary N) is 2. The van der Waals surface area contributed by atoms with E-state index in [0.717, 1.165) is 38.8 Å². The van der Waals surface area contributed by atoms with Gasteiger partial charge in [0.25, 0.3) is 0 Å². The summed E-state index contributed by atoms with van der Waals surface area (Å²) in [5.74, 6) is 1.10. The van der Waals surface area contributed by atoms with E-state index in [4.69, 9.17) is 5.26 Å². The van der Waals surface area contributed by atoms with E-state index >= 15 is 0 Å². The number of hydrogen-bond donors (Lipinski definition) is 2. The summed E-state index contributed by atoms with van der Waals surface area (Å²) in [4.78, 5) is 28.1. The van der Waals surface area contributed by atoms with Crippen molar-refractivity contribution in [2.45, 2.75) is 57.7 Å². The number of carbonyl (C=O) groups excluding carboxylic acids is 2. The standard InChI is InChI=1S/C18H29N5O2/c1-12(2)21-18(25)22-10-13-6-15(7-14(13)11-22)20-9-17(24)23-5-3-4-16(23)8-19/h12-16,20H,3-7,9-11H2,1-2H3,(H,21,25)/t13-,14+,15-,16?. The molecule has 0 aromatic carbocycles. The van der Waals surface area contributed by atoms with E-state index in [1.807, 2.05) is 18.7 Å². The third-order valence-electron chi connectivity index (χ3n) is 5.71. The van der Waals surface area contributed by atoms with Crippen LogP contribution < -0.4 is 10.6 Å². The van der Waals surface area contributed by atoms with Gasteiger partial charge < -0.3 is 20.4 Å². The van der Waals surface area contributed by atoms with Gasteiger partial charge in [-0.1, -0.05) is 0 Å². The highest BCUT2D eigenvalue weighted by atomic mass is 16.2. The van der Waals surface area contributed by atoms with Gasteiger partial charge in [0.1, 0.15) is 6.04 Å². The van der Waals surface area contributed by atoms with Gasteiger partial charge in [0.15, 0.2) is 0 Å². The lowest BCUT2D eigenvalue weighted by Crippen LogP contribution is -2.44. The molecule has 4 atom stereocenters. The number of carbonyl (C=O) groups is 2. The van der Waals surface area contributed by atoms with E-state index in [0.29, 0.717) is 31.0 Å². The maximum atomic E-state index is 12.3. The van der Waals surface area contributed by atoms with E-state index in [1.54, 1.807) is 4.90 Å². The zero-order chi connectivity index (χ0) is 18.0. The van der Waals surface area contributed by atoms with Gasteiger partial charge in [-0.25, -0.2) is 4.79 Å². The summed E-state index contributed by atoms with van der Waals surface area (Å²) < 4.78 is 0. The van der Waals surface area contributed by atoms with Gasteiger partial charge in [-0.3, -0.25) is 4.79 Å². The fraction of sp³-hybridized carbons (Fsp3) is 0.833. The molecular weight excluding hydrogens is 318 g/mol. The number of nitrogens with zero attached hydrogens (tertiary/aromatic N) is 3. The summed E-state index contributed by atoms with van der Waals surface area (Å²) in [5, 5.41) is 15.4. The quantitative estimate of drug-likeness (QED) is 0.791. The number of urea groups is 1. The SMILES string of the molecule is CC(C)NC(=O)N1C[C@H]2C[C@@H](NCC(=O)N3CCCC3C#N)C[C@H]2C1. The average Bonchev–Trinajstić information content (AvgIpc) is 3.25. The highest BCUT2D eigenvalue weighted by Gasteiger charge is 2.42. The molecule has 7 nitrogen and oxygen atoms in total. The van der Waals surface area contributed by atoms with Crippen LogP contribution in [0.4, 0.5) is 4.79 Å². The summed E-state index contributed by atoms with van der Waals surface area (Å²) in [6.45, 7) is 6.61. The van der Waals surface area contributed by atoms with E-state index in [9.17, 15) is 9.59 Å². The zero-order valence-electron chi connectivity index (χ0n) is 15.2. The minimum Gasteiger partial charge on any atom is -0.336 e. The van der Waals surface area contributed by atoms with Crippen LogP contribution in [0.15, 0.2) is 0 Å². The average molecular weight is 347 g/mol. The Balaban J connectivity index is 1.41. The van der Waals surface area contributed by atoms with Gasteiger partial charge >= 0.3 is 6.03 Å². The van der Waals surface area contributed by atoms with Gasteiger partial charge in [0.05, 0.1) is 12.6 Å². The molecule has 0 aromatic rings. The Hall–Kier alpha value is -1.81.